The van der Waals surface area contributed by atoms with Crippen LogP contribution >= 0.6 is 11.6 Å². The Labute approximate surface area is 111 Å². The monoisotopic (exact) mass is 272 g/mol. The van der Waals surface area contributed by atoms with Crippen molar-refractivity contribution >= 4 is 23.1 Å². The molecule has 0 spiro atoms. The van der Waals surface area contributed by atoms with Crippen LogP contribution in [0.25, 0.3) is 0 Å². The molecule has 0 bridgehead atoms. The lowest BCUT2D eigenvalue weighted by molar-refractivity contribution is -0.385. The molecule has 6 nitrogen and oxygen atoms in total. The molecule has 0 saturated heterocycles. The SMILES string of the molecule is CCCC(CC)Nc1nc(Cl)nc(C)c1[N+](=O)[O-]. The molecular formula is C11H17ClN4O2. The number of nitro groups is 1. The van der Waals surface area contributed by atoms with Crippen molar-refractivity contribution < 1.29 is 4.92 Å². The molecule has 100 valence electrons. The van der Waals surface area contributed by atoms with Crippen molar-refractivity contribution in [3.63, 3.8) is 0 Å². The molecule has 0 radical (unpaired) electrons. The van der Waals surface area contributed by atoms with Crippen molar-refractivity contribution in [3.8, 4) is 0 Å². The largest absolute Gasteiger partial charge is 0.361 e. The number of hydrogen-bond donors (Lipinski definition) is 1. The molecule has 0 aliphatic heterocycles. The zero-order valence-corrected chi connectivity index (χ0v) is 11.5. The lowest BCUT2D eigenvalue weighted by atomic mass is 10.1. The van der Waals surface area contributed by atoms with Crippen LogP contribution < -0.4 is 5.32 Å². The Kier molecular flexibility index (Phi) is 5.27. The van der Waals surface area contributed by atoms with Crippen molar-refractivity contribution in [2.75, 3.05) is 5.32 Å². The minimum Gasteiger partial charge on any atom is -0.361 e. The van der Waals surface area contributed by atoms with E-state index in [0.29, 0.717) is 0 Å². The molecule has 0 saturated carbocycles. The van der Waals surface area contributed by atoms with Gasteiger partial charge in [0.25, 0.3) is 0 Å². The zero-order chi connectivity index (χ0) is 13.7. The standard InChI is InChI=1S/C11H17ClN4O2/c1-4-6-8(5-2)14-10-9(16(17)18)7(3)13-11(12)15-10/h8H,4-6H2,1-3H3,(H,13,14,15). The molecule has 1 N–H and O–H groups in total. The van der Waals surface area contributed by atoms with Gasteiger partial charge in [0, 0.05) is 6.04 Å². The topological polar surface area (TPSA) is 81.0 Å². The van der Waals surface area contributed by atoms with Crippen molar-refractivity contribution in [1.82, 2.24) is 9.97 Å². The second-order valence-electron chi connectivity index (χ2n) is 4.07. The van der Waals surface area contributed by atoms with Gasteiger partial charge in [0.1, 0.15) is 5.69 Å². The first-order chi connectivity index (χ1) is 8.49. The number of nitrogens with one attached hydrogen (secondary N) is 1. The molecule has 0 aliphatic carbocycles. The lowest BCUT2D eigenvalue weighted by Gasteiger charge is -2.16. The average molecular weight is 273 g/mol. The smallest absolute Gasteiger partial charge is 0.332 e. The Morgan fingerprint density at radius 1 is 1.44 bits per heavy atom. The van der Waals surface area contributed by atoms with Crippen LogP contribution in [0.3, 0.4) is 0 Å². The van der Waals surface area contributed by atoms with E-state index in [1.165, 1.54) is 0 Å². The summed E-state index contributed by atoms with van der Waals surface area (Å²) in [4.78, 5) is 18.3. The van der Waals surface area contributed by atoms with E-state index in [2.05, 4.69) is 22.2 Å². The van der Waals surface area contributed by atoms with Gasteiger partial charge in [0.2, 0.25) is 11.1 Å². The summed E-state index contributed by atoms with van der Waals surface area (Å²) < 4.78 is 0. The maximum atomic E-state index is 11.0. The van der Waals surface area contributed by atoms with Crippen molar-refractivity contribution in [2.24, 2.45) is 0 Å². The van der Waals surface area contributed by atoms with E-state index in [9.17, 15) is 10.1 Å². The van der Waals surface area contributed by atoms with E-state index < -0.39 is 4.92 Å². The highest BCUT2D eigenvalue weighted by Gasteiger charge is 2.23. The van der Waals surface area contributed by atoms with Gasteiger partial charge in [-0.25, -0.2) is 4.98 Å². The van der Waals surface area contributed by atoms with Crippen molar-refractivity contribution in [3.05, 3.63) is 21.1 Å². The van der Waals surface area contributed by atoms with Crippen LogP contribution in [-0.2, 0) is 0 Å². The fourth-order valence-electron chi connectivity index (χ4n) is 1.77. The van der Waals surface area contributed by atoms with Gasteiger partial charge in [-0.05, 0) is 31.4 Å². The summed E-state index contributed by atoms with van der Waals surface area (Å²) in [5, 5.41) is 14.1. The molecule has 1 atom stereocenters. The summed E-state index contributed by atoms with van der Waals surface area (Å²) in [6.07, 6.45) is 2.79. The predicted molar refractivity (Wildman–Crippen MR) is 71.0 cm³/mol. The third-order valence-corrected chi connectivity index (χ3v) is 2.85. The number of anilines is 1. The Balaban J connectivity index is 3.09. The number of aromatic nitrogens is 2. The Bertz CT molecular complexity index is 439. The average Bonchev–Trinajstić information content (AvgIpc) is 2.26. The molecule has 0 aliphatic rings. The fourth-order valence-corrected chi connectivity index (χ4v) is 1.98. The Morgan fingerprint density at radius 3 is 2.61 bits per heavy atom. The molecule has 18 heavy (non-hydrogen) atoms. The number of aryl methyl sites for hydroxylation is 1. The molecule has 7 heteroatoms. The van der Waals surface area contributed by atoms with E-state index in [1.54, 1.807) is 6.92 Å². The van der Waals surface area contributed by atoms with E-state index >= 15 is 0 Å². The summed E-state index contributed by atoms with van der Waals surface area (Å²) >= 11 is 5.75. The molecule has 1 unspecified atom stereocenters. The van der Waals surface area contributed by atoms with Crippen LogP contribution in [0.1, 0.15) is 38.8 Å². The highest BCUT2D eigenvalue weighted by Crippen LogP contribution is 2.27. The summed E-state index contributed by atoms with van der Waals surface area (Å²) in [6.45, 7) is 5.64. The molecule has 1 rings (SSSR count). The fraction of sp³-hybridized carbons (Fsp3) is 0.636. The molecule has 1 aromatic rings. The predicted octanol–water partition coefficient (Wildman–Crippen LogP) is 3.34. The quantitative estimate of drug-likeness (QED) is 0.488. The summed E-state index contributed by atoms with van der Waals surface area (Å²) in [6, 6.07) is 0.152. The van der Waals surface area contributed by atoms with Gasteiger partial charge >= 0.3 is 5.69 Å². The number of hydrogen-bond acceptors (Lipinski definition) is 5. The van der Waals surface area contributed by atoms with Gasteiger partial charge in [-0.1, -0.05) is 20.3 Å². The second kappa shape index (κ2) is 6.49. The van der Waals surface area contributed by atoms with Crippen LogP contribution in [-0.4, -0.2) is 20.9 Å². The van der Waals surface area contributed by atoms with Gasteiger partial charge in [-0.15, -0.1) is 0 Å². The van der Waals surface area contributed by atoms with Gasteiger partial charge < -0.3 is 5.32 Å². The first-order valence-corrected chi connectivity index (χ1v) is 6.32. The molecule has 1 heterocycles. The maximum Gasteiger partial charge on any atom is 0.332 e. The molecule has 0 fully saturated rings. The minimum absolute atomic E-state index is 0.0203. The number of halogens is 1. The third kappa shape index (κ3) is 3.53. The summed E-state index contributed by atoms with van der Waals surface area (Å²) in [5.41, 5.74) is 0.169. The van der Waals surface area contributed by atoms with Gasteiger partial charge in [-0.2, -0.15) is 4.98 Å². The maximum absolute atomic E-state index is 11.0. The van der Waals surface area contributed by atoms with E-state index in [0.717, 1.165) is 19.3 Å². The highest BCUT2D eigenvalue weighted by molar-refractivity contribution is 6.28. The van der Waals surface area contributed by atoms with Crippen LogP contribution in [0.2, 0.25) is 5.28 Å². The summed E-state index contributed by atoms with van der Waals surface area (Å²) in [7, 11) is 0. The van der Waals surface area contributed by atoms with Crippen LogP contribution in [0.15, 0.2) is 0 Å². The second-order valence-corrected chi connectivity index (χ2v) is 4.41. The zero-order valence-electron chi connectivity index (χ0n) is 10.7. The lowest BCUT2D eigenvalue weighted by Crippen LogP contribution is -2.20. The Hall–Kier alpha value is -1.43. The Morgan fingerprint density at radius 2 is 2.11 bits per heavy atom. The highest BCUT2D eigenvalue weighted by atomic mass is 35.5. The first kappa shape index (κ1) is 14.6. The third-order valence-electron chi connectivity index (χ3n) is 2.68. The number of nitrogens with zero attached hydrogens (tertiary/aromatic N) is 3. The molecule has 0 amide bonds. The molecule has 0 aromatic carbocycles. The first-order valence-electron chi connectivity index (χ1n) is 5.94. The van der Waals surface area contributed by atoms with Gasteiger partial charge in [0.05, 0.1) is 4.92 Å². The van der Waals surface area contributed by atoms with Crippen molar-refractivity contribution in [2.45, 2.75) is 46.1 Å². The van der Waals surface area contributed by atoms with Crippen LogP contribution in [0.5, 0.6) is 0 Å². The summed E-state index contributed by atoms with van der Waals surface area (Å²) in [5.74, 6) is 0.206. The van der Waals surface area contributed by atoms with Gasteiger partial charge in [0.15, 0.2) is 0 Å². The molecule has 1 aromatic heterocycles. The molecular weight excluding hydrogens is 256 g/mol. The number of rotatable bonds is 6. The van der Waals surface area contributed by atoms with E-state index in [-0.39, 0.29) is 28.5 Å². The van der Waals surface area contributed by atoms with E-state index in [4.69, 9.17) is 11.6 Å². The minimum atomic E-state index is -0.480. The van der Waals surface area contributed by atoms with E-state index in [1.807, 2.05) is 6.92 Å². The van der Waals surface area contributed by atoms with Gasteiger partial charge in [-0.3, -0.25) is 10.1 Å². The van der Waals surface area contributed by atoms with Crippen LogP contribution in [0, 0.1) is 17.0 Å². The normalized spacial score (nSPS) is 12.2. The van der Waals surface area contributed by atoms with Crippen molar-refractivity contribution in [1.29, 1.82) is 0 Å². The van der Waals surface area contributed by atoms with Crippen LogP contribution in [0.4, 0.5) is 11.5 Å².